The zero-order chi connectivity index (χ0) is 19.2. The van der Waals surface area contributed by atoms with Crippen LogP contribution in [0.25, 0.3) is 0 Å². The standard InChI is InChI=1S/C20H22ClN3O3/c1-27-18-10-5-14(21)13-17(18)23-20(26)19(25)22-15-6-8-16(9-7-15)24-11-3-2-4-12-24/h5-10,13H,2-4,11-12H2,1H3,(H,22,25)(H,23,26). The van der Waals surface area contributed by atoms with Crippen molar-refractivity contribution in [3.8, 4) is 5.75 Å². The number of benzene rings is 2. The summed E-state index contributed by atoms with van der Waals surface area (Å²) in [6.07, 6.45) is 3.68. The Morgan fingerprint density at radius 2 is 1.63 bits per heavy atom. The highest BCUT2D eigenvalue weighted by molar-refractivity contribution is 6.44. The molecule has 142 valence electrons. The SMILES string of the molecule is COc1ccc(Cl)cc1NC(=O)C(=O)Nc1ccc(N2CCCCC2)cc1. The highest BCUT2D eigenvalue weighted by Crippen LogP contribution is 2.27. The van der Waals surface area contributed by atoms with E-state index in [0.717, 1.165) is 18.8 Å². The molecule has 0 spiro atoms. The maximum Gasteiger partial charge on any atom is 0.314 e. The fraction of sp³-hybridized carbons (Fsp3) is 0.300. The third-order valence-corrected chi connectivity index (χ3v) is 4.70. The zero-order valence-corrected chi connectivity index (χ0v) is 15.9. The van der Waals surface area contributed by atoms with Gasteiger partial charge in [-0.05, 0) is 61.7 Å². The molecule has 0 bridgehead atoms. The Balaban J connectivity index is 1.61. The van der Waals surface area contributed by atoms with Gasteiger partial charge in [0.25, 0.3) is 0 Å². The van der Waals surface area contributed by atoms with Crippen LogP contribution in [0, 0.1) is 0 Å². The van der Waals surface area contributed by atoms with Crippen LogP contribution in [-0.2, 0) is 9.59 Å². The predicted octanol–water partition coefficient (Wildman–Crippen LogP) is 3.92. The van der Waals surface area contributed by atoms with E-state index in [4.69, 9.17) is 16.3 Å². The summed E-state index contributed by atoms with van der Waals surface area (Å²) in [5.41, 5.74) is 2.03. The number of ether oxygens (including phenoxy) is 1. The molecule has 27 heavy (non-hydrogen) atoms. The molecule has 2 aromatic rings. The van der Waals surface area contributed by atoms with Gasteiger partial charge in [-0.1, -0.05) is 11.6 Å². The molecule has 3 rings (SSSR count). The number of carbonyl (C=O) groups excluding carboxylic acids is 2. The van der Waals surface area contributed by atoms with Gasteiger partial charge in [0.1, 0.15) is 5.75 Å². The molecule has 1 aliphatic heterocycles. The second-order valence-corrected chi connectivity index (χ2v) is 6.78. The lowest BCUT2D eigenvalue weighted by Crippen LogP contribution is -2.30. The highest BCUT2D eigenvalue weighted by Gasteiger charge is 2.17. The van der Waals surface area contributed by atoms with Crippen molar-refractivity contribution in [1.82, 2.24) is 0 Å². The molecule has 7 heteroatoms. The molecule has 6 nitrogen and oxygen atoms in total. The zero-order valence-electron chi connectivity index (χ0n) is 15.1. The summed E-state index contributed by atoms with van der Waals surface area (Å²) in [6.45, 7) is 2.10. The van der Waals surface area contributed by atoms with E-state index in [2.05, 4.69) is 15.5 Å². The normalized spacial score (nSPS) is 13.8. The fourth-order valence-corrected chi connectivity index (χ4v) is 3.22. The first-order chi connectivity index (χ1) is 13.1. The maximum atomic E-state index is 12.2. The number of carbonyl (C=O) groups is 2. The molecule has 0 radical (unpaired) electrons. The highest BCUT2D eigenvalue weighted by atomic mass is 35.5. The second kappa shape index (κ2) is 8.77. The van der Waals surface area contributed by atoms with Crippen molar-refractivity contribution in [3.05, 3.63) is 47.5 Å². The second-order valence-electron chi connectivity index (χ2n) is 6.35. The summed E-state index contributed by atoms with van der Waals surface area (Å²) < 4.78 is 5.16. The van der Waals surface area contributed by atoms with Gasteiger partial charge in [0, 0.05) is 29.5 Å². The van der Waals surface area contributed by atoms with E-state index < -0.39 is 11.8 Å². The topological polar surface area (TPSA) is 70.7 Å². The van der Waals surface area contributed by atoms with Gasteiger partial charge in [-0.15, -0.1) is 0 Å². The number of rotatable bonds is 4. The summed E-state index contributed by atoms with van der Waals surface area (Å²) in [5.74, 6) is -1.13. The molecule has 0 unspecified atom stereocenters. The molecular formula is C20H22ClN3O3. The van der Waals surface area contributed by atoms with E-state index >= 15 is 0 Å². The van der Waals surface area contributed by atoms with Gasteiger partial charge in [0.2, 0.25) is 0 Å². The Bertz CT molecular complexity index is 818. The van der Waals surface area contributed by atoms with Crippen molar-refractivity contribution in [2.45, 2.75) is 19.3 Å². The number of piperidine rings is 1. The first-order valence-electron chi connectivity index (χ1n) is 8.88. The van der Waals surface area contributed by atoms with Gasteiger partial charge in [0.15, 0.2) is 0 Å². The van der Waals surface area contributed by atoms with Crippen LogP contribution < -0.4 is 20.3 Å². The van der Waals surface area contributed by atoms with Gasteiger partial charge in [-0.25, -0.2) is 0 Å². The number of hydrogen-bond acceptors (Lipinski definition) is 4. The van der Waals surface area contributed by atoms with Crippen molar-refractivity contribution < 1.29 is 14.3 Å². The summed E-state index contributed by atoms with van der Waals surface area (Å²) in [4.78, 5) is 26.7. The first-order valence-corrected chi connectivity index (χ1v) is 9.25. The van der Waals surface area contributed by atoms with Crippen molar-refractivity contribution in [2.75, 3.05) is 35.7 Å². The van der Waals surface area contributed by atoms with E-state index in [1.807, 2.05) is 12.1 Å². The average molecular weight is 388 g/mol. The lowest BCUT2D eigenvalue weighted by atomic mass is 10.1. The number of anilines is 3. The van der Waals surface area contributed by atoms with Crippen LogP contribution in [0.2, 0.25) is 5.02 Å². The summed E-state index contributed by atoms with van der Waals surface area (Å²) in [5, 5.41) is 5.55. The van der Waals surface area contributed by atoms with E-state index in [9.17, 15) is 9.59 Å². The van der Waals surface area contributed by atoms with Gasteiger partial charge in [-0.2, -0.15) is 0 Å². The minimum absolute atomic E-state index is 0.339. The van der Waals surface area contributed by atoms with Crippen molar-refractivity contribution >= 4 is 40.5 Å². The number of halogens is 1. The van der Waals surface area contributed by atoms with Crippen LogP contribution in [0.3, 0.4) is 0 Å². The van der Waals surface area contributed by atoms with Gasteiger partial charge >= 0.3 is 11.8 Å². The molecule has 2 amide bonds. The largest absolute Gasteiger partial charge is 0.495 e. The average Bonchev–Trinajstić information content (AvgIpc) is 2.69. The number of amides is 2. The Labute approximate surface area is 163 Å². The fourth-order valence-electron chi connectivity index (χ4n) is 3.05. The Kier molecular flexibility index (Phi) is 6.19. The van der Waals surface area contributed by atoms with Gasteiger partial charge < -0.3 is 20.3 Å². The molecule has 0 aromatic heterocycles. The monoisotopic (exact) mass is 387 g/mol. The molecule has 1 saturated heterocycles. The van der Waals surface area contributed by atoms with Crippen molar-refractivity contribution in [3.63, 3.8) is 0 Å². The van der Waals surface area contributed by atoms with Crippen LogP contribution in [-0.4, -0.2) is 32.0 Å². The molecule has 0 saturated carbocycles. The molecule has 1 heterocycles. The number of hydrogen-bond donors (Lipinski definition) is 2. The van der Waals surface area contributed by atoms with Crippen LogP contribution in [0.5, 0.6) is 5.75 Å². The number of methoxy groups -OCH3 is 1. The van der Waals surface area contributed by atoms with Crippen LogP contribution in [0.15, 0.2) is 42.5 Å². The summed E-state index contributed by atoms with van der Waals surface area (Å²) in [7, 11) is 1.48. The Morgan fingerprint density at radius 3 is 2.30 bits per heavy atom. The first kappa shape index (κ1) is 19.0. The van der Waals surface area contributed by atoms with Gasteiger partial charge in [0.05, 0.1) is 12.8 Å². The van der Waals surface area contributed by atoms with E-state index in [0.29, 0.717) is 22.1 Å². The minimum Gasteiger partial charge on any atom is -0.495 e. The molecule has 0 aliphatic carbocycles. The summed E-state index contributed by atoms with van der Waals surface area (Å²) in [6, 6.07) is 12.3. The Morgan fingerprint density at radius 1 is 0.963 bits per heavy atom. The van der Waals surface area contributed by atoms with Crippen molar-refractivity contribution in [2.24, 2.45) is 0 Å². The van der Waals surface area contributed by atoms with Crippen LogP contribution >= 0.6 is 11.6 Å². The van der Waals surface area contributed by atoms with Gasteiger partial charge in [-0.3, -0.25) is 9.59 Å². The number of nitrogens with zero attached hydrogens (tertiary/aromatic N) is 1. The van der Waals surface area contributed by atoms with Crippen LogP contribution in [0.4, 0.5) is 17.1 Å². The molecule has 1 aliphatic rings. The predicted molar refractivity (Wildman–Crippen MR) is 108 cm³/mol. The van der Waals surface area contributed by atoms with Crippen molar-refractivity contribution in [1.29, 1.82) is 0 Å². The molecule has 2 aromatic carbocycles. The van der Waals surface area contributed by atoms with E-state index in [-0.39, 0.29) is 0 Å². The van der Waals surface area contributed by atoms with E-state index in [1.54, 1.807) is 24.3 Å². The maximum absolute atomic E-state index is 12.2. The minimum atomic E-state index is -0.796. The molecule has 0 atom stereocenters. The molecule has 1 fully saturated rings. The van der Waals surface area contributed by atoms with E-state index in [1.165, 1.54) is 32.4 Å². The Hall–Kier alpha value is -2.73. The summed E-state index contributed by atoms with van der Waals surface area (Å²) >= 11 is 5.93. The third-order valence-electron chi connectivity index (χ3n) is 4.46. The molecule has 2 N–H and O–H groups in total. The number of nitrogens with one attached hydrogen (secondary N) is 2. The molecular weight excluding hydrogens is 366 g/mol. The lowest BCUT2D eigenvalue weighted by Gasteiger charge is -2.28. The quantitative estimate of drug-likeness (QED) is 0.780. The lowest BCUT2D eigenvalue weighted by molar-refractivity contribution is -0.133. The smallest absolute Gasteiger partial charge is 0.314 e. The van der Waals surface area contributed by atoms with Crippen LogP contribution in [0.1, 0.15) is 19.3 Å². The third kappa shape index (κ3) is 4.92.